The lowest BCUT2D eigenvalue weighted by atomic mass is 10.1. The van der Waals surface area contributed by atoms with Gasteiger partial charge in [0.2, 0.25) is 0 Å². The first kappa shape index (κ1) is 8.17. The molecule has 1 aromatic heterocycles. The molecule has 0 atom stereocenters. The van der Waals surface area contributed by atoms with Gasteiger partial charge >= 0.3 is 0 Å². The Morgan fingerprint density at radius 1 is 1.42 bits per heavy atom. The van der Waals surface area contributed by atoms with Crippen LogP contribution in [0.1, 0.15) is 24.1 Å². The zero-order chi connectivity index (χ0) is 8.55. The summed E-state index contributed by atoms with van der Waals surface area (Å²) >= 11 is 1.91. The van der Waals surface area contributed by atoms with Crippen molar-refractivity contribution in [2.75, 3.05) is 5.75 Å². The van der Waals surface area contributed by atoms with Gasteiger partial charge in [0, 0.05) is 18.3 Å². The topological polar surface area (TPSA) is 17.8 Å². The van der Waals surface area contributed by atoms with Crippen molar-refractivity contribution >= 4 is 11.8 Å². The highest BCUT2D eigenvalue weighted by Crippen LogP contribution is 2.29. The van der Waals surface area contributed by atoms with E-state index in [9.17, 15) is 0 Å². The molecule has 0 N–H and O–H groups in total. The smallest absolute Gasteiger partial charge is 0.122 e. The van der Waals surface area contributed by atoms with Crippen molar-refractivity contribution < 1.29 is 0 Å². The van der Waals surface area contributed by atoms with Gasteiger partial charge in [-0.1, -0.05) is 0 Å². The van der Waals surface area contributed by atoms with Crippen molar-refractivity contribution in [3.05, 3.63) is 11.3 Å². The molecule has 2 nitrogen and oxygen atoms in total. The summed E-state index contributed by atoms with van der Waals surface area (Å²) in [5, 5.41) is 5.76. The van der Waals surface area contributed by atoms with Gasteiger partial charge in [0.05, 0.1) is 0 Å². The van der Waals surface area contributed by atoms with Crippen LogP contribution in [0.2, 0.25) is 0 Å². The minimum absolute atomic E-state index is 1.22. The second kappa shape index (κ2) is 3.13. The van der Waals surface area contributed by atoms with Gasteiger partial charge in [0.25, 0.3) is 0 Å². The van der Waals surface area contributed by atoms with Crippen LogP contribution in [0.4, 0.5) is 0 Å². The molecule has 0 saturated heterocycles. The monoisotopic (exact) mass is 182 g/mol. The van der Waals surface area contributed by atoms with Gasteiger partial charge in [-0.15, -0.1) is 11.8 Å². The Bertz CT molecular complexity index is 291. The average Bonchev–Trinajstić information content (AvgIpc) is 2.30. The maximum absolute atomic E-state index is 4.49. The highest BCUT2D eigenvalue weighted by atomic mass is 32.2. The van der Waals surface area contributed by atoms with Crippen molar-refractivity contribution in [1.29, 1.82) is 0 Å². The van der Waals surface area contributed by atoms with Gasteiger partial charge < -0.3 is 0 Å². The van der Waals surface area contributed by atoms with E-state index in [1.54, 1.807) is 0 Å². The van der Waals surface area contributed by atoms with Crippen LogP contribution < -0.4 is 0 Å². The summed E-state index contributed by atoms with van der Waals surface area (Å²) in [6.07, 6.45) is 3.89. The predicted octanol–water partition coefficient (Wildman–Crippen LogP) is 2.16. The maximum atomic E-state index is 4.49. The predicted molar refractivity (Wildman–Crippen MR) is 51.6 cm³/mol. The molecular formula is C9H14N2S. The van der Waals surface area contributed by atoms with Crippen molar-refractivity contribution in [3.8, 4) is 0 Å². The van der Waals surface area contributed by atoms with E-state index in [0.717, 1.165) is 0 Å². The van der Waals surface area contributed by atoms with E-state index in [1.807, 2.05) is 23.5 Å². The minimum atomic E-state index is 1.22. The van der Waals surface area contributed by atoms with E-state index in [-0.39, 0.29) is 0 Å². The summed E-state index contributed by atoms with van der Waals surface area (Å²) in [4.78, 5) is 0. The number of nitrogens with zero attached hydrogens (tertiary/aromatic N) is 2. The van der Waals surface area contributed by atoms with E-state index in [1.165, 1.54) is 41.3 Å². The van der Waals surface area contributed by atoms with E-state index < -0.39 is 0 Å². The zero-order valence-corrected chi connectivity index (χ0v) is 8.45. The van der Waals surface area contributed by atoms with E-state index in [2.05, 4.69) is 12.0 Å². The lowest BCUT2D eigenvalue weighted by Crippen LogP contribution is -1.94. The maximum Gasteiger partial charge on any atom is 0.122 e. The van der Waals surface area contributed by atoms with E-state index in [0.29, 0.717) is 0 Å². The highest BCUT2D eigenvalue weighted by Gasteiger charge is 2.15. The minimum Gasteiger partial charge on any atom is -0.272 e. The Hall–Kier alpha value is -0.440. The fourth-order valence-electron chi connectivity index (χ4n) is 1.60. The van der Waals surface area contributed by atoms with Gasteiger partial charge in [0.15, 0.2) is 0 Å². The Labute approximate surface area is 77.3 Å². The lowest BCUT2D eigenvalue weighted by Gasteiger charge is -1.97. The molecule has 0 aromatic carbocycles. The Balaban J connectivity index is 2.42. The Morgan fingerprint density at radius 3 is 3.08 bits per heavy atom. The summed E-state index contributed by atoms with van der Waals surface area (Å²) in [5.74, 6) is 1.24. The number of hydrogen-bond acceptors (Lipinski definition) is 2. The standard InChI is InChI=1S/C9H14N2S/c1-7-8-5-3-4-6-12-9(8)10-11(7)2/h3-6H2,1-2H3. The van der Waals surface area contributed by atoms with Crippen molar-refractivity contribution in [2.24, 2.45) is 7.05 Å². The molecule has 2 rings (SSSR count). The molecule has 66 valence electrons. The molecule has 0 bridgehead atoms. The van der Waals surface area contributed by atoms with Crippen LogP contribution in [0, 0.1) is 6.92 Å². The summed E-state index contributed by atoms with van der Waals surface area (Å²) in [7, 11) is 2.03. The number of aryl methyl sites for hydroxylation is 1. The molecular weight excluding hydrogens is 168 g/mol. The lowest BCUT2D eigenvalue weighted by molar-refractivity contribution is 0.714. The molecule has 0 radical (unpaired) electrons. The summed E-state index contributed by atoms with van der Waals surface area (Å²) in [6.45, 7) is 2.16. The molecule has 1 aromatic rings. The molecule has 0 spiro atoms. The van der Waals surface area contributed by atoms with Crippen molar-refractivity contribution in [3.63, 3.8) is 0 Å². The third-order valence-corrected chi connectivity index (χ3v) is 3.58. The van der Waals surface area contributed by atoms with Crippen LogP contribution in [0.3, 0.4) is 0 Å². The van der Waals surface area contributed by atoms with E-state index in [4.69, 9.17) is 0 Å². The first-order valence-corrected chi connectivity index (χ1v) is 5.43. The molecule has 12 heavy (non-hydrogen) atoms. The number of hydrogen-bond donors (Lipinski definition) is 0. The first-order valence-electron chi connectivity index (χ1n) is 4.44. The van der Waals surface area contributed by atoms with Crippen molar-refractivity contribution in [2.45, 2.75) is 31.2 Å². The summed E-state index contributed by atoms with van der Waals surface area (Å²) < 4.78 is 2.00. The second-order valence-corrected chi connectivity index (χ2v) is 4.38. The third kappa shape index (κ3) is 1.26. The quantitative estimate of drug-likeness (QED) is 0.612. The van der Waals surface area contributed by atoms with Crippen LogP contribution in [0.15, 0.2) is 5.03 Å². The molecule has 0 unspecified atom stereocenters. The zero-order valence-electron chi connectivity index (χ0n) is 7.63. The number of fused-ring (bicyclic) bond motifs is 1. The molecule has 1 aliphatic rings. The highest BCUT2D eigenvalue weighted by molar-refractivity contribution is 7.99. The van der Waals surface area contributed by atoms with E-state index >= 15 is 0 Å². The fourth-order valence-corrected chi connectivity index (χ4v) is 2.74. The van der Waals surface area contributed by atoms with Crippen LogP contribution in [0.5, 0.6) is 0 Å². The largest absolute Gasteiger partial charge is 0.272 e. The molecule has 0 aliphatic carbocycles. The average molecular weight is 182 g/mol. The fraction of sp³-hybridized carbons (Fsp3) is 0.667. The second-order valence-electron chi connectivity index (χ2n) is 3.30. The van der Waals surface area contributed by atoms with Crippen LogP contribution in [-0.4, -0.2) is 15.5 Å². The van der Waals surface area contributed by atoms with Crippen LogP contribution in [-0.2, 0) is 13.5 Å². The van der Waals surface area contributed by atoms with Crippen LogP contribution in [0.25, 0.3) is 0 Å². The Kier molecular flexibility index (Phi) is 2.13. The van der Waals surface area contributed by atoms with Crippen molar-refractivity contribution in [1.82, 2.24) is 9.78 Å². The third-order valence-electron chi connectivity index (χ3n) is 2.48. The molecule has 2 heterocycles. The summed E-state index contributed by atoms with van der Waals surface area (Å²) in [6, 6.07) is 0. The normalized spacial score (nSPS) is 17.2. The molecule has 0 amide bonds. The van der Waals surface area contributed by atoms with Gasteiger partial charge in [-0.25, -0.2) is 0 Å². The van der Waals surface area contributed by atoms with Gasteiger partial charge in [-0.05, 0) is 31.9 Å². The number of thioether (sulfide) groups is 1. The summed E-state index contributed by atoms with van der Waals surface area (Å²) in [5.41, 5.74) is 2.83. The van der Waals surface area contributed by atoms with Gasteiger partial charge in [-0.2, -0.15) is 5.10 Å². The van der Waals surface area contributed by atoms with Gasteiger partial charge in [0.1, 0.15) is 5.03 Å². The number of rotatable bonds is 0. The first-order chi connectivity index (χ1) is 5.79. The van der Waals surface area contributed by atoms with Gasteiger partial charge in [-0.3, -0.25) is 4.68 Å². The molecule has 0 fully saturated rings. The SMILES string of the molecule is Cc1c2c(nn1C)SCCCC2. The molecule has 3 heteroatoms. The number of aromatic nitrogens is 2. The Morgan fingerprint density at radius 2 is 2.25 bits per heavy atom. The molecule has 0 saturated carbocycles. The van der Waals surface area contributed by atoms with Crippen LogP contribution >= 0.6 is 11.8 Å². The molecule has 1 aliphatic heterocycles.